The quantitative estimate of drug-likeness (QED) is 0.453. The lowest BCUT2D eigenvalue weighted by Crippen LogP contribution is -2.26. The molecule has 1 amide bonds. The van der Waals surface area contributed by atoms with Crippen molar-refractivity contribution in [1.29, 1.82) is 0 Å². The number of thiophene rings is 1. The number of carbonyl (C=O) groups is 2. The Kier molecular flexibility index (Phi) is 4.34. The van der Waals surface area contributed by atoms with Gasteiger partial charge in [0.1, 0.15) is 5.69 Å². The Balaban J connectivity index is 1.66. The van der Waals surface area contributed by atoms with Crippen LogP contribution in [0.5, 0.6) is 0 Å². The molecule has 0 radical (unpaired) electrons. The third-order valence-electron chi connectivity index (χ3n) is 4.27. The van der Waals surface area contributed by atoms with Gasteiger partial charge in [-0.1, -0.05) is 18.2 Å². The molecule has 0 aliphatic heterocycles. The number of aldehydes is 1. The van der Waals surface area contributed by atoms with Crippen molar-refractivity contribution in [2.24, 2.45) is 0 Å². The van der Waals surface area contributed by atoms with Crippen LogP contribution in [-0.4, -0.2) is 33.5 Å². The topological polar surface area (TPSA) is 54.7 Å². The summed E-state index contributed by atoms with van der Waals surface area (Å²) >= 11 is 5.11. The van der Waals surface area contributed by atoms with E-state index in [1.807, 2.05) is 12.1 Å². The summed E-state index contributed by atoms with van der Waals surface area (Å²) in [4.78, 5) is 30.0. The molecule has 4 rings (SSSR count). The smallest absolute Gasteiger partial charge is 0.255 e. The Bertz CT molecular complexity index is 1150. The molecule has 3 aromatic heterocycles. The SMILES string of the molecule is CN(Cc1csc2ccccc12)C(=O)c1cc(Br)c2ncc(C=O)n2c1. The standard InChI is InChI=1S/C19H14BrN3O2S/c1-22(8-13-11-26-17-5-3-2-4-15(13)17)19(25)12-6-16(20)18-21-7-14(10-24)23(18)9-12/h2-7,9-11H,8H2,1H3. The molecule has 0 saturated carbocycles. The number of hydrogen-bond donors (Lipinski definition) is 0. The Labute approximate surface area is 162 Å². The van der Waals surface area contributed by atoms with Crippen LogP contribution in [-0.2, 0) is 6.54 Å². The second-order valence-corrected chi connectivity index (χ2v) is 7.76. The van der Waals surface area contributed by atoms with Crippen LogP contribution >= 0.6 is 27.3 Å². The molecule has 0 atom stereocenters. The van der Waals surface area contributed by atoms with Crippen molar-refractivity contribution in [2.75, 3.05) is 7.05 Å². The van der Waals surface area contributed by atoms with Crippen molar-refractivity contribution in [3.05, 3.63) is 69.4 Å². The maximum Gasteiger partial charge on any atom is 0.255 e. The number of hydrogen-bond acceptors (Lipinski definition) is 4. The molecule has 130 valence electrons. The maximum absolute atomic E-state index is 12.9. The molecular weight excluding hydrogens is 414 g/mol. The summed E-state index contributed by atoms with van der Waals surface area (Å²) in [6.45, 7) is 0.517. The van der Waals surface area contributed by atoms with Crippen molar-refractivity contribution >= 4 is 55.2 Å². The number of amides is 1. The van der Waals surface area contributed by atoms with Gasteiger partial charge in [0.2, 0.25) is 0 Å². The predicted octanol–water partition coefficient (Wildman–Crippen LogP) is 4.40. The number of halogens is 1. The molecule has 7 heteroatoms. The van der Waals surface area contributed by atoms with Gasteiger partial charge in [0.05, 0.1) is 16.2 Å². The van der Waals surface area contributed by atoms with Crippen LogP contribution in [0.2, 0.25) is 0 Å². The number of rotatable bonds is 4. The van der Waals surface area contributed by atoms with Gasteiger partial charge in [-0.3, -0.25) is 14.0 Å². The zero-order chi connectivity index (χ0) is 18.3. The first kappa shape index (κ1) is 16.9. The lowest BCUT2D eigenvalue weighted by Gasteiger charge is -2.17. The Morgan fingerprint density at radius 1 is 1.38 bits per heavy atom. The van der Waals surface area contributed by atoms with Gasteiger partial charge < -0.3 is 4.90 Å². The molecule has 0 fully saturated rings. The van der Waals surface area contributed by atoms with E-state index < -0.39 is 0 Å². The third-order valence-corrected chi connectivity index (χ3v) is 5.87. The Morgan fingerprint density at radius 3 is 3.00 bits per heavy atom. The third kappa shape index (κ3) is 2.83. The normalized spacial score (nSPS) is 11.2. The van der Waals surface area contributed by atoms with Crippen molar-refractivity contribution in [3.63, 3.8) is 0 Å². The lowest BCUT2D eigenvalue weighted by molar-refractivity contribution is 0.0785. The first-order valence-corrected chi connectivity index (χ1v) is 9.58. The summed E-state index contributed by atoms with van der Waals surface area (Å²) in [5.74, 6) is -0.117. The molecule has 3 heterocycles. The van der Waals surface area contributed by atoms with Gasteiger partial charge in [-0.05, 0) is 44.4 Å². The molecule has 1 aromatic carbocycles. The number of pyridine rings is 1. The van der Waals surface area contributed by atoms with Crippen LogP contribution in [0.4, 0.5) is 0 Å². The summed E-state index contributed by atoms with van der Waals surface area (Å²) in [5.41, 5.74) is 2.63. The number of aromatic nitrogens is 2. The maximum atomic E-state index is 12.9. The van der Waals surface area contributed by atoms with Gasteiger partial charge in [0, 0.05) is 24.5 Å². The lowest BCUT2D eigenvalue weighted by atomic mass is 10.1. The van der Waals surface area contributed by atoms with Crippen LogP contribution in [0.15, 0.2) is 52.6 Å². The van der Waals surface area contributed by atoms with Gasteiger partial charge in [-0.15, -0.1) is 11.3 Å². The van der Waals surface area contributed by atoms with Crippen molar-refractivity contribution in [2.45, 2.75) is 6.54 Å². The second-order valence-electron chi connectivity index (χ2n) is 5.99. The molecule has 26 heavy (non-hydrogen) atoms. The highest BCUT2D eigenvalue weighted by atomic mass is 79.9. The summed E-state index contributed by atoms with van der Waals surface area (Å²) < 4.78 is 3.51. The molecule has 0 spiro atoms. The molecule has 4 aromatic rings. The minimum atomic E-state index is -0.117. The largest absolute Gasteiger partial charge is 0.337 e. The fraction of sp³-hybridized carbons (Fsp3) is 0.105. The number of benzene rings is 1. The highest BCUT2D eigenvalue weighted by Gasteiger charge is 2.17. The fourth-order valence-electron chi connectivity index (χ4n) is 2.97. The molecule has 0 N–H and O–H groups in total. The first-order chi connectivity index (χ1) is 12.6. The van der Waals surface area contributed by atoms with E-state index in [0.717, 1.165) is 11.8 Å². The molecule has 0 bridgehead atoms. The van der Waals surface area contributed by atoms with Crippen LogP contribution < -0.4 is 0 Å². The zero-order valence-corrected chi connectivity index (χ0v) is 16.3. The van der Waals surface area contributed by atoms with E-state index in [4.69, 9.17) is 0 Å². The van der Waals surface area contributed by atoms with E-state index in [2.05, 4.69) is 38.4 Å². The predicted molar refractivity (Wildman–Crippen MR) is 106 cm³/mol. The van der Waals surface area contributed by atoms with E-state index in [-0.39, 0.29) is 5.91 Å². The van der Waals surface area contributed by atoms with Crippen molar-refractivity contribution in [3.8, 4) is 0 Å². The monoisotopic (exact) mass is 427 g/mol. The van der Waals surface area contributed by atoms with E-state index in [0.29, 0.717) is 27.9 Å². The Hall–Kier alpha value is -2.51. The Morgan fingerprint density at radius 2 is 2.19 bits per heavy atom. The van der Waals surface area contributed by atoms with Gasteiger partial charge in [-0.2, -0.15) is 0 Å². The molecule has 0 aliphatic carbocycles. The summed E-state index contributed by atoms with van der Waals surface area (Å²) in [7, 11) is 1.78. The minimum absolute atomic E-state index is 0.117. The van der Waals surface area contributed by atoms with Gasteiger partial charge in [0.15, 0.2) is 11.9 Å². The van der Waals surface area contributed by atoms with Crippen molar-refractivity contribution < 1.29 is 9.59 Å². The fourth-order valence-corrected chi connectivity index (χ4v) is 4.46. The van der Waals surface area contributed by atoms with Gasteiger partial charge >= 0.3 is 0 Å². The highest BCUT2D eigenvalue weighted by molar-refractivity contribution is 9.10. The highest BCUT2D eigenvalue weighted by Crippen LogP contribution is 2.27. The average Bonchev–Trinajstić information content (AvgIpc) is 3.25. The second kappa shape index (κ2) is 6.66. The van der Waals surface area contributed by atoms with E-state index in [9.17, 15) is 9.59 Å². The number of nitrogens with zero attached hydrogens (tertiary/aromatic N) is 3. The number of carbonyl (C=O) groups excluding carboxylic acids is 2. The first-order valence-electron chi connectivity index (χ1n) is 7.91. The van der Waals surface area contributed by atoms with E-state index >= 15 is 0 Å². The van der Waals surface area contributed by atoms with E-state index in [1.54, 1.807) is 39.9 Å². The average molecular weight is 428 g/mol. The molecule has 5 nitrogen and oxygen atoms in total. The summed E-state index contributed by atoms with van der Waals surface area (Å²) in [5, 5.41) is 3.26. The van der Waals surface area contributed by atoms with Crippen molar-refractivity contribution in [1.82, 2.24) is 14.3 Å². The zero-order valence-electron chi connectivity index (χ0n) is 13.8. The van der Waals surface area contributed by atoms with Crippen LogP contribution in [0.25, 0.3) is 15.7 Å². The molecular formula is C19H14BrN3O2S. The van der Waals surface area contributed by atoms with Gasteiger partial charge in [-0.25, -0.2) is 4.98 Å². The molecule has 0 aliphatic rings. The van der Waals surface area contributed by atoms with Gasteiger partial charge in [0.25, 0.3) is 5.91 Å². The minimum Gasteiger partial charge on any atom is -0.337 e. The van der Waals surface area contributed by atoms with Crippen LogP contribution in [0, 0.1) is 0 Å². The van der Waals surface area contributed by atoms with E-state index in [1.165, 1.54) is 16.3 Å². The summed E-state index contributed by atoms with van der Waals surface area (Å²) in [6, 6.07) is 9.91. The number of imidazole rings is 1. The number of fused-ring (bicyclic) bond motifs is 2. The molecule has 0 saturated heterocycles. The van der Waals surface area contributed by atoms with Crippen LogP contribution in [0.3, 0.4) is 0 Å². The van der Waals surface area contributed by atoms with Crippen LogP contribution in [0.1, 0.15) is 26.4 Å². The molecule has 0 unspecified atom stereocenters. The summed E-state index contributed by atoms with van der Waals surface area (Å²) in [6.07, 6.45) is 3.87.